The van der Waals surface area contributed by atoms with Crippen LogP contribution in [0.2, 0.25) is 0 Å². The molecule has 0 fully saturated rings. The lowest BCUT2D eigenvalue weighted by Crippen LogP contribution is -2.30. The number of ether oxygens (including phenoxy) is 1. The Bertz CT molecular complexity index is 666. The standard InChI is InChI=1S/C12H13FN4O4/c1-12(2,14)11-15-10(21-16-11)6-20-9-5-7(13)3-4-8(9)17(18)19/h3-5H,6,14H2,1-2H3. The maximum atomic E-state index is 13.1. The molecule has 21 heavy (non-hydrogen) atoms. The Morgan fingerprint density at radius 2 is 2.24 bits per heavy atom. The molecule has 0 saturated carbocycles. The molecule has 9 heteroatoms. The lowest BCUT2D eigenvalue weighted by atomic mass is 10.1. The van der Waals surface area contributed by atoms with Gasteiger partial charge in [0.1, 0.15) is 5.82 Å². The van der Waals surface area contributed by atoms with Gasteiger partial charge < -0.3 is 15.0 Å². The number of halogens is 1. The van der Waals surface area contributed by atoms with E-state index < -0.39 is 16.3 Å². The minimum Gasteiger partial charge on any atom is -0.477 e. The molecule has 2 N–H and O–H groups in total. The van der Waals surface area contributed by atoms with Crippen molar-refractivity contribution in [2.24, 2.45) is 5.73 Å². The van der Waals surface area contributed by atoms with E-state index in [4.69, 9.17) is 15.0 Å². The fourth-order valence-corrected chi connectivity index (χ4v) is 1.47. The van der Waals surface area contributed by atoms with E-state index >= 15 is 0 Å². The second-order valence-electron chi connectivity index (χ2n) is 4.89. The zero-order valence-electron chi connectivity index (χ0n) is 11.4. The van der Waals surface area contributed by atoms with Gasteiger partial charge in [0.2, 0.25) is 5.75 Å². The number of rotatable bonds is 5. The van der Waals surface area contributed by atoms with Crippen LogP contribution in [-0.2, 0) is 12.1 Å². The Balaban J connectivity index is 2.15. The van der Waals surface area contributed by atoms with Crippen LogP contribution < -0.4 is 10.5 Å². The lowest BCUT2D eigenvalue weighted by Gasteiger charge is -2.11. The first kappa shape index (κ1) is 14.9. The molecule has 2 aromatic rings. The molecule has 1 aromatic carbocycles. The summed E-state index contributed by atoms with van der Waals surface area (Å²) in [5, 5.41) is 14.5. The molecule has 0 saturated heterocycles. The Morgan fingerprint density at radius 1 is 1.52 bits per heavy atom. The van der Waals surface area contributed by atoms with Crippen LogP contribution in [0, 0.1) is 15.9 Å². The van der Waals surface area contributed by atoms with Gasteiger partial charge in [-0.25, -0.2) is 4.39 Å². The number of hydrogen-bond donors (Lipinski definition) is 1. The van der Waals surface area contributed by atoms with Crippen molar-refractivity contribution in [2.75, 3.05) is 0 Å². The molecule has 8 nitrogen and oxygen atoms in total. The van der Waals surface area contributed by atoms with Crippen LogP contribution in [0.5, 0.6) is 5.75 Å². The minimum absolute atomic E-state index is 0.0853. The number of aromatic nitrogens is 2. The maximum Gasteiger partial charge on any atom is 0.311 e. The van der Waals surface area contributed by atoms with E-state index in [0.717, 1.165) is 18.2 Å². The lowest BCUT2D eigenvalue weighted by molar-refractivity contribution is -0.386. The van der Waals surface area contributed by atoms with Crippen LogP contribution in [0.1, 0.15) is 25.6 Å². The van der Waals surface area contributed by atoms with Gasteiger partial charge in [-0.15, -0.1) is 0 Å². The molecule has 0 aliphatic heterocycles. The molecule has 0 aliphatic carbocycles. The van der Waals surface area contributed by atoms with E-state index in [2.05, 4.69) is 10.1 Å². The van der Waals surface area contributed by atoms with Gasteiger partial charge in [-0.1, -0.05) is 5.16 Å². The third-order valence-electron chi connectivity index (χ3n) is 2.51. The van der Waals surface area contributed by atoms with Crippen LogP contribution in [0.25, 0.3) is 0 Å². The van der Waals surface area contributed by atoms with Crippen molar-refractivity contribution < 1.29 is 18.6 Å². The van der Waals surface area contributed by atoms with Gasteiger partial charge in [-0.05, 0) is 19.9 Å². The predicted octanol–water partition coefficient (Wildman–Crippen LogP) is 1.89. The number of hydrogen-bond acceptors (Lipinski definition) is 7. The summed E-state index contributed by atoms with van der Waals surface area (Å²) in [6.07, 6.45) is 0. The van der Waals surface area contributed by atoms with Crippen molar-refractivity contribution in [3.63, 3.8) is 0 Å². The van der Waals surface area contributed by atoms with Crippen LogP contribution in [0.4, 0.5) is 10.1 Å². The molecule has 0 amide bonds. The highest BCUT2D eigenvalue weighted by atomic mass is 19.1. The van der Waals surface area contributed by atoms with Crippen molar-refractivity contribution in [1.82, 2.24) is 10.1 Å². The van der Waals surface area contributed by atoms with E-state index in [0.29, 0.717) is 0 Å². The summed E-state index contributed by atoms with van der Waals surface area (Å²) in [6.45, 7) is 3.16. The highest BCUT2D eigenvalue weighted by molar-refractivity contribution is 5.46. The molecule has 1 aromatic heterocycles. The minimum atomic E-state index is -0.785. The first-order valence-electron chi connectivity index (χ1n) is 5.96. The topological polar surface area (TPSA) is 117 Å². The fourth-order valence-electron chi connectivity index (χ4n) is 1.47. The number of nitrogens with two attached hydrogens (primary N) is 1. The van der Waals surface area contributed by atoms with Crippen molar-refractivity contribution in [2.45, 2.75) is 26.0 Å². The molecule has 0 aliphatic rings. The van der Waals surface area contributed by atoms with Crippen LogP contribution >= 0.6 is 0 Å². The number of nitro groups is 1. The quantitative estimate of drug-likeness (QED) is 0.661. The SMILES string of the molecule is CC(C)(N)c1noc(COc2cc(F)ccc2[N+](=O)[O-])n1. The zero-order chi connectivity index (χ0) is 15.6. The fraction of sp³-hybridized carbons (Fsp3) is 0.333. The smallest absolute Gasteiger partial charge is 0.311 e. The van der Waals surface area contributed by atoms with E-state index in [1.165, 1.54) is 0 Å². The number of nitrogens with zero attached hydrogens (tertiary/aromatic N) is 3. The second kappa shape index (κ2) is 5.44. The predicted molar refractivity (Wildman–Crippen MR) is 68.9 cm³/mol. The van der Waals surface area contributed by atoms with Crippen LogP contribution in [-0.4, -0.2) is 15.1 Å². The first-order chi connectivity index (χ1) is 9.77. The molecule has 0 spiro atoms. The summed E-state index contributed by atoms with van der Waals surface area (Å²) in [7, 11) is 0. The van der Waals surface area contributed by atoms with E-state index in [9.17, 15) is 14.5 Å². The third-order valence-corrected chi connectivity index (χ3v) is 2.51. The zero-order valence-corrected chi connectivity index (χ0v) is 11.4. The van der Waals surface area contributed by atoms with Gasteiger partial charge in [0.05, 0.1) is 10.5 Å². The largest absolute Gasteiger partial charge is 0.477 e. The molecule has 0 radical (unpaired) electrons. The van der Waals surface area contributed by atoms with Crippen LogP contribution in [0.15, 0.2) is 22.7 Å². The molecular formula is C12H13FN4O4. The molecule has 0 atom stereocenters. The molecule has 112 valence electrons. The van der Waals surface area contributed by atoms with E-state index in [-0.39, 0.29) is 29.8 Å². The molecule has 0 bridgehead atoms. The van der Waals surface area contributed by atoms with E-state index in [1.54, 1.807) is 13.8 Å². The number of nitro benzene ring substituents is 1. The third kappa shape index (κ3) is 3.51. The maximum absolute atomic E-state index is 13.1. The van der Waals surface area contributed by atoms with Gasteiger partial charge in [0.15, 0.2) is 12.4 Å². The van der Waals surface area contributed by atoms with Gasteiger partial charge in [0.25, 0.3) is 5.89 Å². The highest BCUT2D eigenvalue weighted by Gasteiger charge is 2.22. The van der Waals surface area contributed by atoms with Crippen molar-refractivity contribution in [3.05, 3.63) is 45.8 Å². The molecule has 1 heterocycles. The van der Waals surface area contributed by atoms with Gasteiger partial charge in [0, 0.05) is 12.1 Å². The van der Waals surface area contributed by atoms with Gasteiger partial charge in [-0.3, -0.25) is 10.1 Å². The van der Waals surface area contributed by atoms with Crippen molar-refractivity contribution >= 4 is 5.69 Å². The summed E-state index contributed by atoms with van der Waals surface area (Å²) in [6, 6.07) is 2.92. The Morgan fingerprint density at radius 3 is 2.81 bits per heavy atom. The molecular weight excluding hydrogens is 283 g/mol. The highest BCUT2D eigenvalue weighted by Crippen LogP contribution is 2.28. The first-order valence-corrected chi connectivity index (χ1v) is 5.96. The summed E-state index contributed by atoms with van der Waals surface area (Å²) < 4.78 is 23.2. The summed E-state index contributed by atoms with van der Waals surface area (Å²) >= 11 is 0. The molecule has 0 unspecified atom stereocenters. The number of benzene rings is 1. The summed E-state index contributed by atoms with van der Waals surface area (Å²) in [4.78, 5) is 14.1. The van der Waals surface area contributed by atoms with Crippen molar-refractivity contribution in [1.29, 1.82) is 0 Å². The van der Waals surface area contributed by atoms with E-state index in [1.807, 2.05) is 0 Å². The average Bonchev–Trinajstić information content (AvgIpc) is 2.84. The average molecular weight is 296 g/mol. The Hall–Kier alpha value is -2.55. The van der Waals surface area contributed by atoms with Crippen molar-refractivity contribution in [3.8, 4) is 5.75 Å². The summed E-state index contributed by atoms with van der Waals surface area (Å²) in [5.74, 6) is -0.506. The monoisotopic (exact) mass is 296 g/mol. The van der Waals surface area contributed by atoms with Gasteiger partial charge >= 0.3 is 5.69 Å². The Kier molecular flexibility index (Phi) is 3.85. The second-order valence-corrected chi connectivity index (χ2v) is 4.89. The Labute approximate surface area is 118 Å². The summed E-state index contributed by atoms with van der Waals surface area (Å²) in [5.41, 5.74) is 4.66. The van der Waals surface area contributed by atoms with Crippen LogP contribution in [0.3, 0.4) is 0 Å². The molecule has 2 rings (SSSR count). The van der Waals surface area contributed by atoms with Gasteiger partial charge in [-0.2, -0.15) is 4.98 Å². The normalized spacial score (nSPS) is 11.4.